The molecule has 218 valence electrons. The van der Waals surface area contributed by atoms with E-state index in [1.807, 2.05) is 0 Å². The molecule has 0 aliphatic heterocycles. The zero-order chi connectivity index (χ0) is 28.6. The smallest absolute Gasteiger partial charge is 1.00 e. The Morgan fingerprint density at radius 3 is 0.256 bits per heavy atom. The molecule has 0 aromatic carbocycles. The number of carbonyl (C=O) groups excluding carboxylic acids is 8. The fourth-order valence-electron chi connectivity index (χ4n) is 0. The molecule has 0 atom stereocenters. The zero-order valence-corrected chi connectivity index (χ0v) is 44.4. The van der Waals surface area contributed by atoms with Gasteiger partial charge in [-0.2, -0.15) is 0 Å². The Balaban J connectivity index is -0.0000000127. The molecule has 39 heavy (non-hydrogen) atoms. The topological polar surface area (TPSA) is 321 Å². The Morgan fingerprint density at radius 1 is 0.256 bits per heavy atom. The Bertz CT molecular complexity index is 393. The van der Waals surface area contributed by atoms with E-state index in [0.717, 1.165) is 55.4 Å². The molecule has 0 aromatic heterocycles. The monoisotopic (exact) mass is 1670 g/mol. The van der Waals surface area contributed by atoms with E-state index < -0.39 is 47.8 Å². The van der Waals surface area contributed by atoms with Gasteiger partial charge in [-0.15, -0.1) is 0 Å². The Kier molecular flexibility index (Phi) is 225. The van der Waals surface area contributed by atoms with Crippen molar-refractivity contribution in [2.75, 3.05) is 0 Å². The first-order chi connectivity index (χ1) is 13.9. The van der Waals surface area contributed by atoms with Crippen LogP contribution in [0.15, 0.2) is 0 Å². The summed E-state index contributed by atoms with van der Waals surface area (Å²) in [6.45, 7) is 7.78. The number of halogens is 2. The van der Waals surface area contributed by atoms with Crippen LogP contribution in [-0.2, 0) is 38.4 Å². The Hall–Kier alpha value is 1.33. The van der Waals surface area contributed by atoms with E-state index >= 15 is 0 Å². The van der Waals surface area contributed by atoms with Gasteiger partial charge in [0.1, 0.15) is 0 Å². The second-order valence-electron chi connectivity index (χ2n) is 3.93. The summed E-state index contributed by atoms with van der Waals surface area (Å²) in [6, 6.07) is 0. The van der Waals surface area contributed by atoms with Gasteiger partial charge in [-0.3, -0.25) is 0 Å². The summed E-state index contributed by atoms with van der Waals surface area (Å²) < 4.78 is 0. The van der Waals surface area contributed by atoms with Crippen LogP contribution in [0.4, 0.5) is 0 Å². The molecule has 0 saturated carbocycles. The van der Waals surface area contributed by atoms with Crippen LogP contribution in [0.25, 0.3) is 0 Å². The quantitative estimate of drug-likeness (QED) is 0.203. The van der Waals surface area contributed by atoms with Gasteiger partial charge < -0.3 is 113 Å². The number of carboxylic acid groups (broad SMARTS) is 8. The second kappa shape index (κ2) is 90.1. The van der Waals surface area contributed by atoms with Crippen LogP contribution in [0, 0.1) is 0 Å². The number of aliphatic carboxylic acids is 8. The van der Waals surface area contributed by atoms with Crippen molar-refractivity contribution >= 4 is 184 Å². The first-order valence-corrected chi connectivity index (χ1v) is 7.27. The van der Waals surface area contributed by atoms with Crippen LogP contribution < -0.4 is 74.8 Å². The molecule has 0 saturated heterocycles. The molecule has 0 fully saturated rings. The molecular formula is C16H24Br2O16Pb5. The van der Waals surface area contributed by atoms with Gasteiger partial charge in [-0.1, -0.05) is 0 Å². The van der Waals surface area contributed by atoms with Crippen molar-refractivity contribution in [2.24, 2.45) is 0 Å². The summed E-state index contributed by atoms with van der Waals surface area (Å²) >= 11 is 0. The summed E-state index contributed by atoms with van der Waals surface area (Å²) in [7, 11) is 0. The maximum absolute atomic E-state index is 8.89. The number of carbonyl (C=O) groups is 8. The van der Waals surface area contributed by atoms with E-state index in [4.69, 9.17) is 79.2 Å². The zero-order valence-electron chi connectivity index (χ0n) is 21.8. The third kappa shape index (κ3) is 31000. The average Bonchev–Trinajstić information content (AvgIpc) is 2.30. The third-order valence-electron chi connectivity index (χ3n) is 0. The molecule has 0 unspecified atom stereocenters. The first kappa shape index (κ1) is 97.2. The number of carboxylic acids is 8. The normalized spacial score (nSPS) is 5.13. The van der Waals surface area contributed by atoms with Crippen LogP contribution in [0.1, 0.15) is 55.4 Å². The van der Waals surface area contributed by atoms with Crippen molar-refractivity contribution in [3.05, 3.63) is 0 Å². The molecular weight excluding hydrogens is 1640 g/mol. The van der Waals surface area contributed by atoms with Crippen molar-refractivity contribution in [2.45, 2.75) is 55.4 Å². The Morgan fingerprint density at radius 2 is 0.256 bits per heavy atom. The van der Waals surface area contributed by atoms with Gasteiger partial charge in [0.05, 0.1) is 0 Å². The molecule has 0 heterocycles. The molecule has 23 heteroatoms. The molecule has 0 amide bonds. The first-order valence-electron chi connectivity index (χ1n) is 7.27. The molecule has 0 bridgehead atoms. The fraction of sp³-hybridized carbons (Fsp3) is 0.500. The predicted molar refractivity (Wildman–Crippen MR) is 114 cm³/mol. The molecule has 0 aromatic rings. The molecule has 0 N–H and O–H groups in total. The minimum Gasteiger partial charge on any atom is -1.00 e. The molecule has 0 aliphatic carbocycles. The van der Waals surface area contributed by atoms with Gasteiger partial charge in [0.2, 0.25) is 0 Å². The summed E-state index contributed by atoms with van der Waals surface area (Å²) in [5, 5.41) is 71.1. The maximum Gasteiger partial charge on any atom is 2.00 e. The fourth-order valence-corrected chi connectivity index (χ4v) is 0. The van der Waals surface area contributed by atoms with Crippen LogP contribution in [0.3, 0.4) is 0 Å². The van der Waals surface area contributed by atoms with Crippen LogP contribution in [0.2, 0.25) is 0 Å². The van der Waals surface area contributed by atoms with E-state index in [2.05, 4.69) is 0 Å². The van der Waals surface area contributed by atoms with Crippen LogP contribution in [0.5, 0.6) is 0 Å². The standard InChI is InChI=1S/8C2H4O2.2BrH.5Pb/c8*1-2(3)4;;;;;;;/h8*1H3,(H,3,4);2*1H;;;;;/q;;;;;;;;;;5*+2/p-10. The Labute approximate surface area is 347 Å². The van der Waals surface area contributed by atoms with Crippen molar-refractivity contribution in [3.8, 4) is 0 Å². The third-order valence-corrected chi connectivity index (χ3v) is 0. The number of hydrogen-bond donors (Lipinski definition) is 0. The molecule has 0 aliphatic rings. The van der Waals surface area contributed by atoms with Gasteiger partial charge in [0, 0.05) is 47.8 Å². The van der Waals surface area contributed by atoms with Gasteiger partial charge in [-0.25, -0.2) is 0 Å². The maximum atomic E-state index is 8.89. The van der Waals surface area contributed by atoms with Crippen LogP contribution >= 0.6 is 0 Å². The molecule has 10 radical (unpaired) electrons. The largest absolute Gasteiger partial charge is 2.00 e. The van der Waals surface area contributed by atoms with Crippen molar-refractivity contribution in [1.29, 1.82) is 0 Å². The van der Waals surface area contributed by atoms with Gasteiger partial charge >= 0.3 is 136 Å². The number of hydrogen-bond acceptors (Lipinski definition) is 16. The van der Waals surface area contributed by atoms with E-state index in [9.17, 15) is 0 Å². The summed E-state index contributed by atoms with van der Waals surface area (Å²) in [5.41, 5.74) is 0. The van der Waals surface area contributed by atoms with Crippen LogP contribution in [-0.4, -0.2) is 184 Å². The minimum absolute atomic E-state index is 0. The van der Waals surface area contributed by atoms with Crippen molar-refractivity contribution < 1.29 is 113 Å². The molecule has 16 nitrogen and oxygen atoms in total. The summed E-state index contributed by atoms with van der Waals surface area (Å²) in [5.74, 6) is -8.67. The molecule has 0 spiro atoms. The van der Waals surface area contributed by atoms with Gasteiger partial charge in [-0.05, 0) is 55.4 Å². The van der Waals surface area contributed by atoms with Crippen molar-refractivity contribution in [3.63, 3.8) is 0 Å². The van der Waals surface area contributed by atoms with E-state index in [1.54, 1.807) is 0 Å². The minimum atomic E-state index is -1.08. The SMILES string of the molecule is CC(=O)[O-].CC(=O)[O-].CC(=O)[O-].CC(=O)[O-].CC(=O)[O-].CC(=O)[O-].CC(=O)[O-].CC(=O)[O-].[Br-].[Br-].[Pb+2].[Pb+2].[Pb+2].[Pb+2].[Pb+2]. The van der Waals surface area contributed by atoms with Gasteiger partial charge in [0.25, 0.3) is 0 Å². The van der Waals surface area contributed by atoms with E-state index in [-0.39, 0.29) is 170 Å². The number of rotatable bonds is 0. The van der Waals surface area contributed by atoms with E-state index in [0.29, 0.717) is 0 Å². The summed E-state index contributed by atoms with van der Waals surface area (Å²) in [6.07, 6.45) is 0. The second-order valence-corrected chi connectivity index (χ2v) is 3.93. The van der Waals surface area contributed by atoms with Crippen molar-refractivity contribution in [1.82, 2.24) is 0 Å². The predicted octanol–water partition coefficient (Wildman–Crippen LogP) is -17.8. The van der Waals surface area contributed by atoms with E-state index in [1.165, 1.54) is 0 Å². The average molecular weight is 1670 g/mol. The van der Waals surface area contributed by atoms with Gasteiger partial charge in [0.15, 0.2) is 0 Å². The molecule has 0 rings (SSSR count). The summed E-state index contributed by atoms with van der Waals surface area (Å²) in [4.78, 5) is 71.1.